The van der Waals surface area contributed by atoms with E-state index in [1.165, 1.54) is 16.8 Å². The van der Waals surface area contributed by atoms with Crippen LogP contribution in [-0.4, -0.2) is 19.0 Å². The summed E-state index contributed by atoms with van der Waals surface area (Å²) in [6.45, 7) is 1.69. The van der Waals surface area contributed by atoms with Crippen molar-refractivity contribution in [1.82, 2.24) is 5.32 Å². The fraction of sp³-hybridized carbons (Fsp3) is 0.278. The predicted octanol–water partition coefficient (Wildman–Crippen LogP) is 3.02. The SMILES string of the molecule is O=C(NCCc1ccccc1)c1ccc2c(c1)CCCN2. The molecule has 0 atom stereocenters. The fourth-order valence-electron chi connectivity index (χ4n) is 2.68. The van der Waals surface area contributed by atoms with Gasteiger partial charge in [0.05, 0.1) is 0 Å². The van der Waals surface area contributed by atoms with Gasteiger partial charge >= 0.3 is 0 Å². The molecule has 1 heterocycles. The largest absolute Gasteiger partial charge is 0.385 e. The molecule has 2 aromatic carbocycles. The zero-order valence-electron chi connectivity index (χ0n) is 12.1. The molecule has 2 aromatic rings. The first-order chi connectivity index (χ1) is 10.3. The number of hydrogen-bond acceptors (Lipinski definition) is 2. The lowest BCUT2D eigenvalue weighted by Gasteiger charge is -2.18. The second-order valence-corrected chi connectivity index (χ2v) is 5.39. The summed E-state index contributed by atoms with van der Waals surface area (Å²) in [6.07, 6.45) is 3.04. The summed E-state index contributed by atoms with van der Waals surface area (Å²) in [5.41, 5.74) is 4.41. The van der Waals surface area contributed by atoms with Crippen LogP contribution >= 0.6 is 0 Å². The molecule has 0 saturated heterocycles. The Morgan fingerprint density at radius 2 is 2.00 bits per heavy atom. The lowest BCUT2D eigenvalue weighted by atomic mass is 10.0. The third-order valence-corrected chi connectivity index (χ3v) is 3.85. The van der Waals surface area contributed by atoms with Gasteiger partial charge in [-0.05, 0) is 48.6 Å². The molecule has 0 bridgehead atoms. The van der Waals surface area contributed by atoms with Crippen molar-refractivity contribution >= 4 is 11.6 Å². The highest BCUT2D eigenvalue weighted by molar-refractivity contribution is 5.95. The molecule has 0 aromatic heterocycles. The normalized spacial score (nSPS) is 13.1. The number of aryl methyl sites for hydroxylation is 1. The molecule has 21 heavy (non-hydrogen) atoms. The van der Waals surface area contributed by atoms with E-state index in [4.69, 9.17) is 0 Å². The molecule has 3 heteroatoms. The Bertz CT molecular complexity index is 622. The summed E-state index contributed by atoms with van der Waals surface area (Å²) in [5.74, 6) is 0.0132. The van der Waals surface area contributed by atoms with Crippen molar-refractivity contribution in [2.75, 3.05) is 18.4 Å². The molecule has 108 valence electrons. The third-order valence-electron chi connectivity index (χ3n) is 3.85. The zero-order chi connectivity index (χ0) is 14.5. The summed E-state index contributed by atoms with van der Waals surface area (Å²) in [4.78, 5) is 12.2. The summed E-state index contributed by atoms with van der Waals surface area (Å²) < 4.78 is 0. The summed E-state index contributed by atoms with van der Waals surface area (Å²) in [6, 6.07) is 16.1. The van der Waals surface area contributed by atoms with Crippen molar-refractivity contribution in [2.24, 2.45) is 0 Å². The standard InChI is InChI=1S/C18H20N2O/c21-18(20-12-10-14-5-2-1-3-6-14)16-8-9-17-15(13-16)7-4-11-19-17/h1-3,5-6,8-9,13,19H,4,7,10-12H2,(H,20,21). The number of carbonyl (C=O) groups excluding carboxylic acids is 1. The molecule has 3 rings (SSSR count). The van der Waals surface area contributed by atoms with Crippen LogP contribution in [0.3, 0.4) is 0 Å². The monoisotopic (exact) mass is 280 g/mol. The average Bonchev–Trinajstić information content (AvgIpc) is 2.55. The lowest BCUT2D eigenvalue weighted by molar-refractivity contribution is 0.0954. The first-order valence-electron chi connectivity index (χ1n) is 7.52. The smallest absolute Gasteiger partial charge is 0.251 e. The van der Waals surface area contributed by atoms with Gasteiger partial charge in [-0.1, -0.05) is 30.3 Å². The number of nitrogens with one attached hydrogen (secondary N) is 2. The third kappa shape index (κ3) is 3.43. The average molecular weight is 280 g/mol. The van der Waals surface area contributed by atoms with Gasteiger partial charge in [-0.2, -0.15) is 0 Å². The molecular weight excluding hydrogens is 260 g/mol. The first-order valence-corrected chi connectivity index (χ1v) is 7.52. The van der Waals surface area contributed by atoms with Gasteiger partial charge in [0.15, 0.2) is 0 Å². The van der Waals surface area contributed by atoms with Gasteiger partial charge in [-0.25, -0.2) is 0 Å². The quantitative estimate of drug-likeness (QED) is 0.904. The Labute approximate surface area is 125 Å². The Kier molecular flexibility index (Phi) is 4.20. The Balaban J connectivity index is 1.58. The topological polar surface area (TPSA) is 41.1 Å². The lowest BCUT2D eigenvalue weighted by Crippen LogP contribution is -2.26. The number of hydrogen-bond donors (Lipinski definition) is 2. The van der Waals surface area contributed by atoms with E-state index >= 15 is 0 Å². The molecule has 0 radical (unpaired) electrons. The number of fused-ring (bicyclic) bond motifs is 1. The van der Waals surface area contributed by atoms with E-state index in [0.717, 1.165) is 31.4 Å². The van der Waals surface area contributed by atoms with E-state index in [1.807, 2.05) is 36.4 Å². The number of benzene rings is 2. The van der Waals surface area contributed by atoms with Crippen LogP contribution in [0.15, 0.2) is 48.5 Å². The highest BCUT2D eigenvalue weighted by Gasteiger charge is 2.12. The molecule has 1 amide bonds. The second kappa shape index (κ2) is 6.44. The molecule has 2 N–H and O–H groups in total. The Morgan fingerprint density at radius 1 is 1.14 bits per heavy atom. The van der Waals surface area contributed by atoms with Gasteiger partial charge in [0.1, 0.15) is 0 Å². The highest BCUT2D eigenvalue weighted by atomic mass is 16.1. The van der Waals surface area contributed by atoms with Crippen LogP contribution in [0, 0.1) is 0 Å². The summed E-state index contributed by atoms with van der Waals surface area (Å²) >= 11 is 0. The molecule has 0 spiro atoms. The van der Waals surface area contributed by atoms with Gasteiger partial charge in [0.2, 0.25) is 0 Å². The molecule has 0 saturated carbocycles. The zero-order valence-corrected chi connectivity index (χ0v) is 12.1. The first kappa shape index (κ1) is 13.7. The van der Waals surface area contributed by atoms with Crippen LogP contribution < -0.4 is 10.6 Å². The van der Waals surface area contributed by atoms with Crippen molar-refractivity contribution in [2.45, 2.75) is 19.3 Å². The van der Waals surface area contributed by atoms with E-state index in [1.54, 1.807) is 0 Å². The van der Waals surface area contributed by atoms with Gasteiger partial charge in [0, 0.05) is 24.3 Å². The molecule has 3 nitrogen and oxygen atoms in total. The number of rotatable bonds is 4. The molecule has 0 aliphatic carbocycles. The van der Waals surface area contributed by atoms with Crippen LogP contribution in [0.25, 0.3) is 0 Å². The minimum Gasteiger partial charge on any atom is -0.385 e. The maximum absolute atomic E-state index is 12.2. The van der Waals surface area contributed by atoms with Gasteiger partial charge < -0.3 is 10.6 Å². The fourth-order valence-corrected chi connectivity index (χ4v) is 2.68. The molecule has 1 aliphatic heterocycles. The summed E-state index contributed by atoms with van der Waals surface area (Å²) in [5, 5.41) is 6.36. The summed E-state index contributed by atoms with van der Waals surface area (Å²) in [7, 11) is 0. The minimum absolute atomic E-state index is 0.0132. The Hall–Kier alpha value is -2.29. The molecule has 0 unspecified atom stereocenters. The maximum atomic E-state index is 12.2. The highest BCUT2D eigenvalue weighted by Crippen LogP contribution is 2.22. The molecule has 1 aliphatic rings. The number of amides is 1. The van der Waals surface area contributed by atoms with Crippen LogP contribution in [0.2, 0.25) is 0 Å². The van der Waals surface area contributed by atoms with Crippen LogP contribution in [-0.2, 0) is 12.8 Å². The predicted molar refractivity (Wildman–Crippen MR) is 85.7 cm³/mol. The van der Waals surface area contributed by atoms with Gasteiger partial charge in [-0.15, -0.1) is 0 Å². The van der Waals surface area contributed by atoms with Crippen molar-refractivity contribution in [1.29, 1.82) is 0 Å². The molecule has 0 fully saturated rings. The van der Waals surface area contributed by atoms with E-state index < -0.39 is 0 Å². The van der Waals surface area contributed by atoms with Gasteiger partial charge in [0.25, 0.3) is 5.91 Å². The molecular formula is C18H20N2O. The van der Waals surface area contributed by atoms with Crippen LogP contribution in [0.5, 0.6) is 0 Å². The second-order valence-electron chi connectivity index (χ2n) is 5.39. The van der Waals surface area contributed by atoms with Crippen molar-refractivity contribution in [3.05, 3.63) is 65.2 Å². The van der Waals surface area contributed by atoms with Crippen LogP contribution in [0.1, 0.15) is 27.9 Å². The Morgan fingerprint density at radius 3 is 2.86 bits per heavy atom. The van der Waals surface area contributed by atoms with Crippen molar-refractivity contribution in [3.63, 3.8) is 0 Å². The van der Waals surface area contributed by atoms with E-state index in [-0.39, 0.29) is 5.91 Å². The number of carbonyl (C=O) groups is 1. The maximum Gasteiger partial charge on any atom is 0.251 e. The van der Waals surface area contributed by atoms with E-state index in [0.29, 0.717) is 6.54 Å². The van der Waals surface area contributed by atoms with Gasteiger partial charge in [-0.3, -0.25) is 4.79 Å². The van der Waals surface area contributed by atoms with E-state index in [9.17, 15) is 4.79 Å². The minimum atomic E-state index is 0.0132. The van der Waals surface area contributed by atoms with Crippen LogP contribution in [0.4, 0.5) is 5.69 Å². The van der Waals surface area contributed by atoms with Crippen molar-refractivity contribution in [3.8, 4) is 0 Å². The van der Waals surface area contributed by atoms with Crippen molar-refractivity contribution < 1.29 is 4.79 Å². The van der Waals surface area contributed by atoms with E-state index in [2.05, 4.69) is 22.8 Å². The number of anilines is 1.